The fraction of sp³-hybridized carbons (Fsp3) is 0.833. The number of esters is 1. The molecular weight excluding hydrogens is 218 g/mol. The zero-order chi connectivity index (χ0) is 12.2. The second-order valence-electron chi connectivity index (χ2n) is 5.30. The molecule has 1 unspecified atom stereocenters. The molecule has 0 aromatic heterocycles. The van der Waals surface area contributed by atoms with Gasteiger partial charge in [-0.15, -0.1) is 0 Å². The monoisotopic (exact) mass is 239 g/mol. The maximum Gasteiger partial charge on any atom is 0.307 e. The number of ether oxygens (including phenoxy) is 1. The molecule has 90 valence electrons. The van der Waals surface area contributed by atoms with E-state index in [4.69, 9.17) is 10.00 Å². The quantitative estimate of drug-likeness (QED) is 0.529. The highest BCUT2D eigenvalue weighted by Gasteiger charge is 2.41. The van der Waals surface area contributed by atoms with E-state index in [1.54, 1.807) is 6.92 Å². The van der Waals surface area contributed by atoms with Gasteiger partial charge in [-0.3, -0.25) is 4.79 Å². The Bertz CT molecular complexity index is 292. The summed E-state index contributed by atoms with van der Waals surface area (Å²) in [5.41, 5.74) is 0.880. The summed E-state index contributed by atoms with van der Waals surface area (Å²) >= 11 is 0. The zero-order valence-corrected chi connectivity index (χ0v) is 11.5. The third-order valence-electron chi connectivity index (χ3n) is 3.36. The van der Waals surface area contributed by atoms with Crippen LogP contribution in [0.2, 0.25) is 24.7 Å². The first-order valence-corrected chi connectivity index (χ1v) is 9.33. The Kier molecular flexibility index (Phi) is 4.54. The molecule has 1 atom stereocenters. The largest absolute Gasteiger partial charge is 0.466 e. The maximum atomic E-state index is 11.3. The number of hydrogen-bond acceptors (Lipinski definition) is 3. The third kappa shape index (κ3) is 3.97. The standard InChI is InChI=1S/C12H21NO2Si/c1-4-15-12(14)7-10(8-13)9-16(2,3)11-5-6-11/h10-11H,4-7,9H2,1-3H3. The van der Waals surface area contributed by atoms with Crippen LogP contribution in [-0.2, 0) is 9.53 Å². The predicted molar refractivity (Wildman–Crippen MR) is 65.6 cm³/mol. The second-order valence-corrected chi connectivity index (χ2v) is 10.5. The molecule has 0 saturated heterocycles. The lowest BCUT2D eigenvalue weighted by Crippen LogP contribution is -2.29. The van der Waals surface area contributed by atoms with Gasteiger partial charge in [0.15, 0.2) is 0 Å². The van der Waals surface area contributed by atoms with Gasteiger partial charge in [0.05, 0.1) is 33.1 Å². The first kappa shape index (κ1) is 13.2. The van der Waals surface area contributed by atoms with Crippen LogP contribution in [0.5, 0.6) is 0 Å². The highest BCUT2D eigenvalue weighted by molar-refractivity contribution is 6.79. The summed E-state index contributed by atoms with van der Waals surface area (Å²) < 4.78 is 4.89. The van der Waals surface area contributed by atoms with Gasteiger partial charge in [-0.05, 0) is 18.5 Å². The van der Waals surface area contributed by atoms with Crippen LogP contribution in [0.4, 0.5) is 0 Å². The van der Waals surface area contributed by atoms with E-state index in [9.17, 15) is 4.79 Å². The van der Waals surface area contributed by atoms with Gasteiger partial charge in [-0.2, -0.15) is 5.26 Å². The van der Waals surface area contributed by atoms with Crippen LogP contribution in [0.1, 0.15) is 26.2 Å². The van der Waals surface area contributed by atoms with Crippen molar-refractivity contribution in [2.45, 2.75) is 50.9 Å². The maximum absolute atomic E-state index is 11.3. The highest BCUT2D eigenvalue weighted by Crippen LogP contribution is 2.48. The Labute approximate surface area is 98.8 Å². The molecule has 0 N–H and O–H groups in total. The van der Waals surface area contributed by atoms with Crippen molar-refractivity contribution in [3.05, 3.63) is 0 Å². The number of rotatable bonds is 6. The number of carbonyl (C=O) groups is 1. The minimum atomic E-state index is -1.27. The van der Waals surface area contributed by atoms with Gasteiger partial charge in [0.2, 0.25) is 0 Å². The molecule has 0 heterocycles. The number of nitrogens with zero attached hydrogens (tertiary/aromatic N) is 1. The van der Waals surface area contributed by atoms with E-state index >= 15 is 0 Å². The molecule has 1 aliphatic rings. The predicted octanol–water partition coefficient (Wildman–Crippen LogP) is 2.95. The Balaban J connectivity index is 2.42. The fourth-order valence-electron chi connectivity index (χ4n) is 2.25. The number of hydrogen-bond donors (Lipinski definition) is 0. The molecule has 1 rings (SSSR count). The second kappa shape index (κ2) is 5.49. The molecule has 0 spiro atoms. The summed E-state index contributed by atoms with van der Waals surface area (Å²) in [7, 11) is -1.27. The smallest absolute Gasteiger partial charge is 0.307 e. The van der Waals surface area contributed by atoms with E-state index < -0.39 is 8.07 Å². The first-order chi connectivity index (χ1) is 7.49. The molecule has 0 aliphatic heterocycles. The molecular formula is C12H21NO2Si. The molecule has 1 saturated carbocycles. The summed E-state index contributed by atoms with van der Waals surface area (Å²) in [6.07, 6.45) is 2.93. The van der Waals surface area contributed by atoms with Crippen LogP contribution in [0.15, 0.2) is 0 Å². The molecule has 4 heteroatoms. The van der Waals surface area contributed by atoms with E-state index in [0.717, 1.165) is 11.6 Å². The summed E-state index contributed by atoms with van der Waals surface area (Å²) in [5.74, 6) is -0.365. The minimum Gasteiger partial charge on any atom is -0.466 e. The van der Waals surface area contributed by atoms with Crippen LogP contribution in [0, 0.1) is 17.2 Å². The molecule has 0 bridgehead atoms. The normalized spacial score (nSPS) is 17.6. The van der Waals surface area contributed by atoms with E-state index in [1.807, 2.05) is 0 Å². The topological polar surface area (TPSA) is 50.1 Å². The molecule has 0 aromatic carbocycles. The van der Waals surface area contributed by atoms with E-state index in [-0.39, 0.29) is 18.3 Å². The van der Waals surface area contributed by atoms with Crippen molar-refractivity contribution in [3.8, 4) is 6.07 Å². The lowest BCUT2D eigenvalue weighted by Gasteiger charge is -2.24. The molecule has 0 amide bonds. The van der Waals surface area contributed by atoms with E-state index in [2.05, 4.69) is 19.2 Å². The van der Waals surface area contributed by atoms with Crippen molar-refractivity contribution < 1.29 is 9.53 Å². The first-order valence-electron chi connectivity index (χ1n) is 6.05. The SMILES string of the molecule is CCOC(=O)CC(C#N)C[Si](C)(C)C1CC1. The Morgan fingerprint density at radius 3 is 2.62 bits per heavy atom. The van der Waals surface area contributed by atoms with Gasteiger partial charge in [-0.1, -0.05) is 25.9 Å². The lowest BCUT2D eigenvalue weighted by molar-refractivity contribution is -0.143. The van der Waals surface area contributed by atoms with Gasteiger partial charge in [0.25, 0.3) is 0 Å². The van der Waals surface area contributed by atoms with Crippen molar-refractivity contribution in [1.82, 2.24) is 0 Å². The van der Waals surface area contributed by atoms with Crippen LogP contribution >= 0.6 is 0 Å². The Morgan fingerprint density at radius 2 is 2.19 bits per heavy atom. The highest BCUT2D eigenvalue weighted by atomic mass is 28.3. The molecule has 1 fully saturated rings. The summed E-state index contributed by atoms with van der Waals surface area (Å²) in [4.78, 5) is 11.3. The fourth-order valence-corrected chi connectivity index (χ4v) is 5.82. The van der Waals surface area contributed by atoms with Gasteiger partial charge in [-0.25, -0.2) is 0 Å². The van der Waals surface area contributed by atoms with Crippen molar-refractivity contribution in [1.29, 1.82) is 5.26 Å². The lowest BCUT2D eigenvalue weighted by atomic mass is 10.1. The third-order valence-corrected chi connectivity index (χ3v) is 7.69. The number of nitriles is 1. The molecule has 16 heavy (non-hydrogen) atoms. The molecule has 1 aliphatic carbocycles. The average molecular weight is 239 g/mol. The zero-order valence-electron chi connectivity index (χ0n) is 10.5. The number of carbonyl (C=O) groups excluding carboxylic acids is 1. The van der Waals surface area contributed by atoms with Gasteiger partial charge < -0.3 is 4.74 Å². The van der Waals surface area contributed by atoms with Gasteiger partial charge >= 0.3 is 5.97 Å². The average Bonchev–Trinajstić information content (AvgIpc) is 2.99. The minimum absolute atomic E-state index is 0.138. The van der Waals surface area contributed by atoms with Crippen LogP contribution < -0.4 is 0 Å². The van der Waals surface area contributed by atoms with Crippen molar-refractivity contribution >= 4 is 14.0 Å². The van der Waals surface area contributed by atoms with Crippen molar-refractivity contribution in [2.75, 3.05) is 6.61 Å². The van der Waals surface area contributed by atoms with Crippen molar-refractivity contribution in [2.24, 2.45) is 5.92 Å². The van der Waals surface area contributed by atoms with Crippen LogP contribution in [-0.4, -0.2) is 20.7 Å². The molecule has 0 radical (unpaired) electrons. The summed E-state index contributed by atoms with van der Waals surface area (Å²) in [6, 6.07) is 3.20. The summed E-state index contributed by atoms with van der Waals surface area (Å²) in [6.45, 7) is 6.86. The van der Waals surface area contributed by atoms with E-state index in [1.165, 1.54) is 12.8 Å². The molecule has 0 aromatic rings. The van der Waals surface area contributed by atoms with Crippen LogP contribution in [0.3, 0.4) is 0 Å². The Morgan fingerprint density at radius 1 is 1.56 bits per heavy atom. The Hall–Kier alpha value is -0.823. The van der Waals surface area contributed by atoms with Gasteiger partial charge in [0, 0.05) is 0 Å². The van der Waals surface area contributed by atoms with E-state index in [0.29, 0.717) is 6.61 Å². The summed E-state index contributed by atoms with van der Waals surface area (Å²) in [5, 5.41) is 9.07. The van der Waals surface area contributed by atoms with Crippen LogP contribution in [0.25, 0.3) is 0 Å². The molecule has 3 nitrogen and oxygen atoms in total. The van der Waals surface area contributed by atoms with Crippen molar-refractivity contribution in [3.63, 3.8) is 0 Å². The van der Waals surface area contributed by atoms with Gasteiger partial charge in [0.1, 0.15) is 0 Å².